The number of piperazine rings is 1. The second kappa shape index (κ2) is 9.57. The number of benzene rings is 2. The van der Waals surface area contributed by atoms with E-state index in [4.69, 9.17) is 0 Å². The van der Waals surface area contributed by atoms with Crippen LogP contribution in [0.15, 0.2) is 60.8 Å². The van der Waals surface area contributed by atoms with E-state index in [0.29, 0.717) is 5.95 Å². The fourth-order valence-corrected chi connectivity index (χ4v) is 3.74. The zero-order chi connectivity index (χ0) is 21.6. The fraction of sp³-hybridized carbons (Fsp3) is 0.292. The number of hydrogen-bond acceptors (Lipinski definition) is 6. The van der Waals surface area contributed by atoms with Crippen molar-refractivity contribution in [2.75, 3.05) is 48.3 Å². The van der Waals surface area contributed by atoms with Crippen LogP contribution in [0, 0.1) is 0 Å². The van der Waals surface area contributed by atoms with Gasteiger partial charge in [-0.2, -0.15) is 0 Å². The number of nitrogens with zero attached hydrogens (tertiary/aromatic N) is 4. The third-order valence-electron chi connectivity index (χ3n) is 5.44. The molecule has 0 spiro atoms. The number of rotatable bonds is 6. The lowest BCUT2D eigenvalue weighted by molar-refractivity contribution is -0.114. The number of hydrogen-bond donors (Lipinski definition) is 2. The largest absolute Gasteiger partial charge is 0.369 e. The molecule has 0 atom stereocenters. The van der Waals surface area contributed by atoms with E-state index in [0.717, 1.165) is 55.4 Å². The summed E-state index contributed by atoms with van der Waals surface area (Å²) < 4.78 is 0. The summed E-state index contributed by atoms with van der Waals surface area (Å²) in [5.74, 6) is 0.465. The van der Waals surface area contributed by atoms with Gasteiger partial charge in [-0.05, 0) is 42.9 Å². The van der Waals surface area contributed by atoms with Crippen LogP contribution >= 0.6 is 0 Å². The number of amides is 1. The van der Waals surface area contributed by atoms with Crippen molar-refractivity contribution < 1.29 is 4.79 Å². The molecule has 1 aliphatic heterocycles. The molecule has 0 saturated carbocycles. The second-order valence-corrected chi connectivity index (χ2v) is 7.62. The molecule has 0 unspecified atom stereocenters. The van der Waals surface area contributed by atoms with Crippen LogP contribution in [0.25, 0.3) is 11.3 Å². The molecular formula is C24H28N6O. The highest BCUT2D eigenvalue weighted by molar-refractivity contribution is 5.88. The van der Waals surface area contributed by atoms with Gasteiger partial charge in [0, 0.05) is 61.9 Å². The van der Waals surface area contributed by atoms with Crippen LogP contribution < -0.4 is 15.5 Å². The van der Waals surface area contributed by atoms with Crippen molar-refractivity contribution >= 4 is 28.9 Å². The van der Waals surface area contributed by atoms with Crippen LogP contribution in [-0.4, -0.2) is 53.5 Å². The molecule has 2 heterocycles. The van der Waals surface area contributed by atoms with E-state index >= 15 is 0 Å². The van der Waals surface area contributed by atoms with E-state index in [1.165, 1.54) is 12.6 Å². The third-order valence-corrected chi connectivity index (χ3v) is 5.44. The van der Waals surface area contributed by atoms with Gasteiger partial charge in [-0.15, -0.1) is 0 Å². The first-order valence-electron chi connectivity index (χ1n) is 10.7. The van der Waals surface area contributed by atoms with E-state index < -0.39 is 0 Å². The summed E-state index contributed by atoms with van der Waals surface area (Å²) >= 11 is 0. The standard InChI is InChI=1S/C24H28N6O/c1-3-29-13-15-30(16-14-29)22-6-4-5-21(17-22)27-24-25-12-11-23(28-24)19-7-9-20(10-8-19)26-18(2)31/h4-12,17H,3,13-16H2,1-2H3,(H,26,31)(H,25,27,28). The van der Waals surface area contributed by atoms with Gasteiger partial charge in [0.25, 0.3) is 0 Å². The monoisotopic (exact) mass is 416 g/mol. The number of carbonyl (C=O) groups excluding carboxylic acids is 1. The van der Waals surface area contributed by atoms with Gasteiger partial charge in [-0.1, -0.05) is 25.1 Å². The van der Waals surface area contributed by atoms with Gasteiger partial charge in [-0.25, -0.2) is 9.97 Å². The molecule has 1 aliphatic rings. The molecule has 3 aromatic rings. The van der Waals surface area contributed by atoms with E-state index in [2.05, 4.69) is 55.5 Å². The van der Waals surface area contributed by atoms with Crippen LogP contribution in [0.4, 0.5) is 23.0 Å². The van der Waals surface area contributed by atoms with Gasteiger partial charge < -0.3 is 20.4 Å². The van der Waals surface area contributed by atoms with Crippen molar-refractivity contribution in [1.29, 1.82) is 0 Å². The molecule has 160 valence electrons. The first-order valence-corrected chi connectivity index (χ1v) is 10.7. The maximum absolute atomic E-state index is 11.2. The van der Waals surface area contributed by atoms with Crippen LogP contribution in [0.3, 0.4) is 0 Å². The molecule has 7 heteroatoms. The van der Waals surface area contributed by atoms with E-state index in [1.807, 2.05) is 36.4 Å². The molecule has 1 amide bonds. The summed E-state index contributed by atoms with van der Waals surface area (Å²) in [6.07, 6.45) is 1.75. The predicted octanol–water partition coefficient (Wildman–Crippen LogP) is 3.99. The second-order valence-electron chi connectivity index (χ2n) is 7.62. The number of likely N-dealkylation sites (N-methyl/N-ethyl adjacent to an activating group) is 1. The van der Waals surface area contributed by atoms with Crippen molar-refractivity contribution in [3.63, 3.8) is 0 Å². The summed E-state index contributed by atoms with van der Waals surface area (Å²) in [6.45, 7) is 9.09. The third kappa shape index (κ3) is 5.38. The lowest BCUT2D eigenvalue weighted by Crippen LogP contribution is -2.46. The van der Waals surface area contributed by atoms with Crippen molar-refractivity contribution in [3.05, 3.63) is 60.8 Å². The Kier molecular flexibility index (Phi) is 6.43. The molecule has 0 bridgehead atoms. The van der Waals surface area contributed by atoms with E-state index in [9.17, 15) is 4.79 Å². The van der Waals surface area contributed by atoms with Gasteiger partial charge in [0.05, 0.1) is 5.69 Å². The van der Waals surface area contributed by atoms with Gasteiger partial charge >= 0.3 is 0 Å². The smallest absolute Gasteiger partial charge is 0.227 e. The molecule has 1 saturated heterocycles. The molecule has 0 radical (unpaired) electrons. The molecule has 2 N–H and O–H groups in total. The summed E-state index contributed by atoms with van der Waals surface area (Å²) in [5.41, 5.74) is 4.72. The highest BCUT2D eigenvalue weighted by atomic mass is 16.1. The zero-order valence-electron chi connectivity index (χ0n) is 18.0. The maximum atomic E-state index is 11.2. The van der Waals surface area contributed by atoms with Crippen LogP contribution in [0.2, 0.25) is 0 Å². The van der Waals surface area contributed by atoms with Crippen molar-refractivity contribution in [1.82, 2.24) is 14.9 Å². The summed E-state index contributed by atoms with van der Waals surface area (Å²) in [5, 5.41) is 6.11. The highest BCUT2D eigenvalue weighted by Gasteiger charge is 2.16. The fourth-order valence-electron chi connectivity index (χ4n) is 3.74. The summed E-state index contributed by atoms with van der Waals surface area (Å²) in [6, 6.07) is 17.9. The van der Waals surface area contributed by atoms with Crippen LogP contribution in [0.1, 0.15) is 13.8 Å². The van der Waals surface area contributed by atoms with Crippen LogP contribution in [0.5, 0.6) is 0 Å². The lowest BCUT2D eigenvalue weighted by atomic mass is 10.1. The quantitative estimate of drug-likeness (QED) is 0.633. The molecule has 2 aromatic carbocycles. The van der Waals surface area contributed by atoms with Gasteiger partial charge in [0.2, 0.25) is 11.9 Å². The van der Waals surface area contributed by atoms with Gasteiger partial charge in [-0.3, -0.25) is 4.79 Å². The average Bonchev–Trinajstić information content (AvgIpc) is 2.80. The first kappa shape index (κ1) is 20.8. The molecular weight excluding hydrogens is 388 g/mol. The number of nitrogens with one attached hydrogen (secondary N) is 2. The Balaban J connectivity index is 1.46. The Hall–Kier alpha value is -3.45. The Morgan fingerprint density at radius 2 is 1.77 bits per heavy atom. The van der Waals surface area contributed by atoms with Crippen molar-refractivity contribution in [2.45, 2.75) is 13.8 Å². The predicted molar refractivity (Wildman–Crippen MR) is 126 cm³/mol. The summed E-state index contributed by atoms with van der Waals surface area (Å²) in [7, 11) is 0. The number of carbonyl (C=O) groups is 1. The first-order chi connectivity index (χ1) is 15.1. The van der Waals surface area contributed by atoms with Gasteiger partial charge in [0.15, 0.2) is 0 Å². The minimum Gasteiger partial charge on any atom is -0.369 e. The number of anilines is 4. The molecule has 0 aliphatic carbocycles. The Morgan fingerprint density at radius 3 is 2.48 bits per heavy atom. The average molecular weight is 417 g/mol. The summed E-state index contributed by atoms with van der Waals surface area (Å²) in [4.78, 5) is 25.1. The molecule has 31 heavy (non-hydrogen) atoms. The SMILES string of the molecule is CCN1CCN(c2cccc(Nc3nccc(-c4ccc(NC(C)=O)cc4)n3)c2)CC1. The molecule has 4 rings (SSSR count). The number of aromatic nitrogens is 2. The topological polar surface area (TPSA) is 73.4 Å². The van der Waals surface area contributed by atoms with E-state index in [-0.39, 0.29) is 5.91 Å². The minimum atomic E-state index is -0.0873. The lowest BCUT2D eigenvalue weighted by Gasteiger charge is -2.35. The Morgan fingerprint density at radius 1 is 1.00 bits per heavy atom. The highest BCUT2D eigenvalue weighted by Crippen LogP contribution is 2.24. The van der Waals surface area contributed by atoms with Crippen LogP contribution in [-0.2, 0) is 4.79 Å². The molecule has 1 fully saturated rings. The Bertz CT molecular complexity index is 1030. The maximum Gasteiger partial charge on any atom is 0.227 e. The van der Waals surface area contributed by atoms with Crippen molar-refractivity contribution in [3.8, 4) is 11.3 Å². The van der Waals surface area contributed by atoms with E-state index in [1.54, 1.807) is 6.20 Å². The normalized spacial score (nSPS) is 14.3. The Labute approximate surface area is 183 Å². The van der Waals surface area contributed by atoms with Crippen molar-refractivity contribution in [2.24, 2.45) is 0 Å². The van der Waals surface area contributed by atoms with Gasteiger partial charge in [0.1, 0.15) is 0 Å². The zero-order valence-corrected chi connectivity index (χ0v) is 18.0. The molecule has 1 aromatic heterocycles. The molecule has 7 nitrogen and oxygen atoms in total. The minimum absolute atomic E-state index is 0.0873.